The smallest absolute Gasteiger partial charge is 0.157 e. The van der Waals surface area contributed by atoms with E-state index in [9.17, 15) is 0 Å². The molecule has 2 nitrogen and oxygen atoms in total. The van der Waals surface area contributed by atoms with Gasteiger partial charge in [-0.1, -0.05) is 19.8 Å². The fourth-order valence-corrected chi connectivity index (χ4v) is 1.76. The van der Waals surface area contributed by atoms with E-state index in [1.807, 2.05) is 6.92 Å². The molecule has 1 rings (SSSR count). The zero-order chi connectivity index (χ0) is 9.52. The molecule has 1 saturated heterocycles. The van der Waals surface area contributed by atoms with Gasteiger partial charge in [0.15, 0.2) is 6.29 Å². The Kier molecular flexibility index (Phi) is 5.40. The molecule has 2 atom stereocenters. The molecule has 77 valence electrons. The van der Waals surface area contributed by atoms with Crippen LogP contribution in [0.5, 0.6) is 0 Å². The SMILES string of the molecule is [CH2]CCCC1CCC(OCC)OC1. The van der Waals surface area contributed by atoms with Gasteiger partial charge in [-0.2, -0.15) is 0 Å². The predicted octanol–water partition coefficient (Wildman–Crippen LogP) is 2.78. The summed E-state index contributed by atoms with van der Waals surface area (Å²) in [6.45, 7) is 7.50. The van der Waals surface area contributed by atoms with E-state index in [-0.39, 0.29) is 6.29 Å². The molecule has 0 amide bonds. The van der Waals surface area contributed by atoms with E-state index >= 15 is 0 Å². The van der Waals surface area contributed by atoms with Gasteiger partial charge < -0.3 is 9.47 Å². The van der Waals surface area contributed by atoms with Crippen LogP contribution in [0.3, 0.4) is 0 Å². The first kappa shape index (κ1) is 11.0. The molecule has 0 aliphatic carbocycles. The van der Waals surface area contributed by atoms with Gasteiger partial charge in [0, 0.05) is 6.61 Å². The summed E-state index contributed by atoms with van der Waals surface area (Å²) in [7, 11) is 0. The van der Waals surface area contributed by atoms with E-state index in [0.717, 1.165) is 32.0 Å². The molecule has 2 unspecified atom stereocenters. The van der Waals surface area contributed by atoms with Crippen LogP contribution in [-0.4, -0.2) is 19.5 Å². The highest BCUT2D eigenvalue weighted by atomic mass is 16.7. The van der Waals surface area contributed by atoms with Crippen molar-refractivity contribution in [3.63, 3.8) is 0 Å². The molecule has 0 aromatic heterocycles. The maximum absolute atomic E-state index is 5.59. The minimum atomic E-state index is 0.0704. The third-order valence-corrected chi connectivity index (χ3v) is 2.54. The number of rotatable bonds is 5. The molecule has 0 bridgehead atoms. The lowest BCUT2D eigenvalue weighted by Crippen LogP contribution is -2.28. The van der Waals surface area contributed by atoms with E-state index in [1.54, 1.807) is 0 Å². The van der Waals surface area contributed by atoms with E-state index < -0.39 is 0 Å². The summed E-state index contributed by atoms with van der Waals surface area (Å²) in [5.74, 6) is 0.749. The summed E-state index contributed by atoms with van der Waals surface area (Å²) < 4.78 is 11.0. The van der Waals surface area contributed by atoms with Crippen molar-refractivity contribution in [2.24, 2.45) is 5.92 Å². The van der Waals surface area contributed by atoms with Crippen molar-refractivity contribution in [1.82, 2.24) is 0 Å². The van der Waals surface area contributed by atoms with Crippen LogP contribution in [0.1, 0.15) is 39.0 Å². The molecule has 0 aromatic carbocycles. The largest absolute Gasteiger partial charge is 0.353 e. The van der Waals surface area contributed by atoms with Crippen LogP contribution in [0.2, 0.25) is 0 Å². The Hall–Kier alpha value is -0.0800. The molecular formula is C11H21O2. The molecule has 1 aliphatic rings. The Morgan fingerprint density at radius 3 is 2.85 bits per heavy atom. The Balaban J connectivity index is 2.08. The van der Waals surface area contributed by atoms with Crippen LogP contribution < -0.4 is 0 Å². The molecule has 0 spiro atoms. The van der Waals surface area contributed by atoms with Gasteiger partial charge in [0.1, 0.15) is 0 Å². The Morgan fingerprint density at radius 2 is 2.31 bits per heavy atom. The lowest BCUT2D eigenvalue weighted by atomic mass is 9.96. The molecule has 1 fully saturated rings. The Morgan fingerprint density at radius 1 is 1.46 bits per heavy atom. The first-order valence-electron chi connectivity index (χ1n) is 5.39. The van der Waals surface area contributed by atoms with Gasteiger partial charge in [0.05, 0.1) is 6.61 Å². The highest BCUT2D eigenvalue weighted by Crippen LogP contribution is 2.23. The Labute approximate surface area is 81.6 Å². The summed E-state index contributed by atoms with van der Waals surface area (Å²) in [6.07, 6.45) is 5.93. The van der Waals surface area contributed by atoms with Crippen LogP contribution >= 0.6 is 0 Å². The molecular weight excluding hydrogens is 164 g/mol. The summed E-state index contributed by atoms with van der Waals surface area (Å²) in [6, 6.07) is 0. The third-order valence-electron chi connectivity index (χ3n) is 2.54. The van der Waals surface area contributed by atoms with Crippen LogP contribution in [0.4, 0.5) is 0 Å². The zero-order valence-corrected chi connectivity index (χ0v) is 8.63. The number of hydrogen-bond donors (Lipinski definition) is 0. The van der Waals surface area contributed by atoms with Gasteiger partial charge in [-0.3, -0.25) is 0 Å². The van der Waals surface area contributed by atoms with Crippen molar-refractivity contribution in [3.05, 3.63) is 6.92 Å². The fraction of sp³-hybridized carbons (Fsp3) is 0.909. The molecule has 13 heavy (non-hydrogen) atoms. The lowest BCUT2D eigenvalue weighted by molar-refractivity contribution is -0.173. The zero-order valence-electron chi connectivity index (χ0n) is 8.63. The molecule has 1 aliphatic heterocycles. The minimum absolute atomic E-state index is 0.0704. The van der Waals surface area contributed by atoms with Crippen LogP contribution in [0.25, 0.3) is 0 Å². The molecule has 1 radical (unpaired) electrons. The van der Waals surface area contributed by atoms with Crippen LogP contribution in [0.15, 0.2) is 0 Å². The first-order valence-corrected chi connectivity index (χ1v) is 5.39. The topological polar surface area (TPSA) is 18.5 Å². The highest BCUT2D eigenvalue weighted by molar-refractivity contribution is 4.66. The maximum Gasteiger partial charge on any atom is 0.157 e. The first-order chi connectivity index (χ1) is 6.36. The molecule has 0 aromatic rings. The van der Waals surface area contributed by atoms with Gasteiger partial charge in [0.25, 0.3) is 0 Å². The van der Waals surface area contributed by atoms with Gasteiger partial charge in [-0.25, -0.2) is 0 Å². The molecule has 0 saturated carbocycles. The second-order valence-corrected chi connectivity index (χ2v) is 3.66. The maximum atomic E-state index is 5.59. The van der Waals surface area contributed by atoms with Crippen LogP contribution in [0, 0.1) is 12.8 Å². The van der Waals surface area contributed by atoms with Crippen molar-refractivity contribution in [2.75, 3.05) is 13.2 Å². The van der Waals surface area contributed by atoms with Gasteiger partial charge >= 0.3 is 0 Å². The van der Waals surface area contributed by atoms with Gasteiger partial charge in [-0.15, -0.1) is 0 Å². The third kappa shape index (κ3) is 4.10. The summed E-state index contributed by atoms with van der Waals surface area (Å²) >= 11 is 0. The minimum Gasteiger partial charge on any atom is -0.353 e. The summed E-state index contributed by atoms with van der Waals surface area (Å²) in [5, 5.41) is 0. The summed E-state index contributed by atoms with van der Waals surface area (Å²) in [4.78, 5) is 0. The second kappa shape index (κ2) is 6.39. The second-order valence-electron chi connectivity index (χ2n) is 3.66. The Bertz CT molecular complexity index is 117. The number of hydrogen-bond acceptors (Lipinski definition) is 2. The van der Waals surface area contributed by atoms with Crippen molar-refractivity contribution in [1.29, 1.82) is 0 Å². The van der Waals surface area contributed by atoms with E-state index in [1.165, 1.54) is 19.3 Å². The molecule has 2 heteroatoms. The lowest BCUT2D eigenvalue weighted by Gasteiger charge is -2.28. The quantitative estimate of drug-likeness (QED) is 0.655. The van der Waals surface area contributed by atoms with Gasteiger partial charge in [0.2, 0.25) is 0 Å². The van der Waals surface area contributed by atoms with Crippen molar-refractivity contribution >= 4 is 0 Å². The molecule has 0 N–H and O–H groups in total. The normalized spacial score (nSPS) is 29.1. The predicted molar refractivity (Wildman–Crippen MR) is 53.3 cm³/mol. The van der Waals surface area contributed by atoms with Crippen molar-refractivity contribution < 1.29 is 9.47 Å². The number of unbranched alkanes of at least 4 members (excludes halogenated alkanes) is 1. The van der Waals surface area contributed by atoms with E-state index in [4.69, 9.17) is 9.47 Å². The van der Waals surface area contributed by atoms with Crippen LogP contribution in [-0.2, 0) is 9.47 Å². The molecule has 1 heterocycles. The van der Waals surface area contributed by atoms with E-state index in [2.05, 4.69) is 6.92 Å². The number of ether oxygens (including phenoxy) is 2. The highest BCUT2D eigenvalue weighted by Gasteiger charge is 2.20. The van der Waals surface area contributed by atoms with Gasteiger partial charge in [-0.05, 0) is 32.1 Å². The average molecular weight is 185 g/mol. The van der Waals surface area contributed by atoms with E-state index in [0.29, 0.717) is 0 Å². The monoisotopic (exact) mass is 185 g/mol. The van der Waals surface area contributed by atoms with Crippen molar-refractivity contribution in [2.45, 2.75) is 45.3 Å². The average Bonchev–Trinajstić information content (AvgIpc) is 2.17. The standard InChI is InChI=1S/C11H21O2/c1-3-5-6-10-7-8-11(12-4-2)13-9-10/h10-11H,1,3-9H2,2H3. The fourth-order valence-electron chi connectivity index (χ4n) is 1.76. The summed E-state index contributed by atoms with van der Waals surface area (Å²) in [5.41, 5.74) is 0. The van der Waals surface area contributed by atoms with Crippen molar-refractivity contribution in [3.8, 4) is 0 Å².